The predicted molar refractivity (Wildman–Crippen MR) is 159 cm³/mol. The Morgan fingerprint density at radius 2 is 1.39 bits per heavy atom. The fourth-order valence-corrected chi connectivity index (χ4v) is 5.79. The molecule has 2 heterocycles. The quantitative estimate of drug-likeness (QED) is 0.137. The van der Waals surface area contributed by atoms with E-state index in [1.165, 1.54) is 12.1 Å². The number of hydrogen-bond donors (Lipinski definition) is 1. The highest BCUT2D eigenvalue weighted by Crippen LogP contribution is 2.34. The summed E-state index contributed by atoms with van der Waals surface area (Å²) in [6, 6.07) is 8.14. The van der Waals surface area contributed by atoms with Crippen LogP contribution in [0.2, 0.25) is 5.02 Å². The number of Topliss-reactive ketones (excluding diaryl/α,β-unsaturated/α-hetero) is 3. The molecule has 1 atom stereocenters. The van der Waals surface area contributed by atoms with Crippen LogP contribution < -0.4 is 14.8 Å². The maximum atomic E-state index is 13.1. The molecule has 0 bridgehead atoms. The number of hydrogen-bond acceptors (Lipinski definition) is 11. The van der Waals surface area contributed by atoms with Gasteiger partial charge in [0.25, 0.3) is 11.8 Å². The second-order valence-electron chi connectivity index (χ2n) is 10.7. The summed E-state index contributed by atoms with van der Waals surface area (Å²) in [6.45, 7) is 0.991. The highest BCUT2D eigenvalue weighted by Gasteiger charge is 2.46. The van der Waals surface area contributed by atoms with Gasteiger partial charge in [0.2, 0.25) is 11.8 Å². The van der Waals surface area contributed by atoms with Crippen LogP contribution >= 0.6 is 11.6 Å². The Labute approximate surface area is 268 Å². The van der Waals surface area contributed by atoms with Crippen LogP contribution in [0.3, 0.4) is 0 Å². The molecular formula is C32H31ClN2O11. The summed E-state index contributed by atoms with van der Waals surface area (Å²) in [6.07, 6.45) is 0.916. The number of fused-ring (bicyclic) bond motifs is 1. The monoisotopic (exact) mass is 654 g/mol. The van der Waals surface area contributed by atoms with Gasteiger partial charge in [0.15, 0.2) is 17.3 Å². The first-order valence-electron chi connectivity index (χ1n) is 14.8. The SMILES string of the molecule is O=C1CCC(N2C(=O)c3cccc(OCCOCCOCCOc4cccc(C(=O)C5C(=O)CCCC5=O)c4Cl)c3C2=O)C(=O)N1. The van der Waals surface area contributed by atoms with Gasteiger partial charge in [-0.25, -0.2) is 0 Å². The number of carbonyl (C=O) groups excluding carboxylic acids is 7. The van der Waals surface area contributed by atoms with Gasteiger partial charge in [-0.05, 0) is 37.1 Å². The van der Waals surface area contributed by atoms with Crippen LogP contribution in [0.25, 0.3) is 0 Å². The van der Waals surface area contributed by atoms with Crippen LogP contribution in [0.4, 0.5) is 0 Å². The number of halogens is 1. The van der Waals surface area contributed by atoms with Gasteiger partial charge >= 0.3 is 0 Å². The summed E-state index contributed by atoms with van der Waals surface area (Å²) in [5, 5.41) is 2.19. The molecule has 2 fully saturated rings. The molecule has 1 N–H and O–H groups in total. The van der Waals surface area contributed by atoms with Crippen LogP contribution in [0.5, 0.6) is 11.5 Å². The van der Waals surface area contributed by atoms with Crippen LogP contribution in [-0.4, -0.2) is 91.6 Å². The maximum absolute atomic E-state index is 13.1. The van der Waals surface area contributed by atoms with Crippen molar-refractivity contribution in [3.8, 4) is 11.5 Å². The first kappa shape index (κ1) is 32.9. The van der Waals surface area contributed by atoms with E-state index >= 15 is 0 Å². The lowest BCUT2D eigenvalue weighted by Crippen LogP contribution is -2.54. The number of nitrogens with zero attached hydrogens (tertiary/aromatic N) is 1. The molecule has 0 radical (unpaired) electrons. The van der Waals surface area contributed by atoms with Gasteiger partial charge in [0.1, 0.15) is 36.7 Å². The zero-order valence-electron chi connectivity index (χ0n) is 24.7. The van der Waals surface area contributed by atoms with Gasteiger partial charge in [-0.3, -0.25) is 43.8 Å². The molecule has 13 nitrogen and oxygen atoms in total. The minimum atomic E-state index is -1.31. The largest absolute Gasteiger partial charge is 0.490 e. The Bertz CT molecular complexity index is 1570. The summed E-state index contributed by atoms with van der Waals surface area (Å²) < 4.78 is 22.4. The number of imide groups is 2. The number of carbonyl (C=O) groups is 7. The van der Waals surface area contributed by atoms with Crippen LogP contribution in [0.15, 0.2) is 36.4 Å². The number of ketones is 3. The molecule has 242 valence electrons. The lowest BCUT2D eigenvalue weighted by molar-refractivity contribution is -0.137. The van der Waals surface area contributed by atoms with Crippen LogP contribution in [0.1, 0.15) is 63.2 Å². The van der Waals surface area contributed by atoms with Gasteiger partial charge in [-0.2, -0.15) is 0 Å². The van der Waals surface area contributed by atoms with E-state index in [1.54, 1.807) is 24.3 Å². The number of piperidine rings is 1. The number of ether oxygens (including phenoxy) is 4. The normalized spacial score (nSPS) is 18.5. The van der Waals surface area contributed by atoms with Crippen molar-refractivity contribution in [2.75, 3.05) is 39.6 Å². The molecule has 1 saturated carbocycles. The fourth-order valence-electron chi connectivity index (χ4n) is 5.51. The van der Waals surface area contributed by atoms with Gasteiger partial charge in [0.05, 0.1) is 42.6 Å². The highest BCUT2D eigenvalue weighted by atomic mass is 35.5. The Balaban J connectivity index is 1.01. The number of rotatable bonds is 14. The third-order valence-corrected chi connectivity index (χ3v) is 8.14. The molecule has 0 spiro atoms. The van der Waals surface area contributed by atoms with Crippen molar-refractivity contribution in [2.24, 2.45) is 5.92 Å². The molecule has 2 aromatic rings. The molecule has 3 aliphatic rings. The molecule has 1 unspecified atom stereocenters. The van der Waals surface area contributed by atoms with E-state index in [0.717, 1.165) is 4.90 Å². The Morgan fingerprint density at radius 1 is 0.783 bits per heavy atom. The maximum Gasteiger partial charge on any atom is 0.266 e. The van der Waals surface area contributed by atoms with Gasteiger partial charge in [-0.1, -0.05) is 23.7 Å². The standard InChI is InChI=1S/C32H31ClN2O11/c33-28-19(29(39)27-21(36)6-3-7-22(27)37)5-2-9-24(28)46-17-15-44-13-12-43-14-16-45-23-8-1-4-18-26(23)32(42)35(31(18)41)20-10-11-25(38)34-30(20)40/h1-2,4-5,8-9,20,27H,3,6-7,10-17H2,(H,34,38,40). The third-order valence-electron chi connectivity index (χ3n) is 7.75. The van der Waals surface area contributed by atoms with Crippen LogP contribution in [-0.2, 0) is 28.7 Å². The summed E-state index contributed by atoms with van der Waals surface area (Å²) in [7, 11) is 0. The predicted octanol–water partition coefficient (Wildman–Crippen LogP) is 2.35. The van der Waals surface area contributed by atoms with Crippen molar-refractivity contribution in [3.63, 3.8) is 0 Å². The molecule has 1 saturated heterocycles. The molecule has 2 aliphatic heterocycles. The van der Waals surface area contributed by atoms with Crippen molar-refractivity contribution < 1.29 is 52.5 Å². The van der Waals surface area contributed by atoms with E-state index < -0.39 is 41.4 Å². The van der Waals surface area contributed by atoms with Gasteiger partial charge < -0.3 is 18.9 Å². The van der Waals surface area contributed by atoms with Gasteiger partial charge in [-0.15, -0.1) is 0 Å². The smallest absolute Gasteiger partial charge is 0.266 e. The van der Waals surface area contributed by atoms with Crippen molar-refractivity contribution in [2.45, 2.75) is 38.1 Å². The van der Waals surface area contributed by atoms with E-state index in [0.29, 0.717) is 6.42 Å². The lowest BCUT2D eigenvalue weighted by atomic mass is 9.81. The van der Waals surface area contributed by atoms with E-state index in [2.05, 4.69) is 5.32 Å². The Hall–Kier alpha value is -4.46. The summed E-state index contributed by atoms with van der Waals surface area (Å²) in [4.78, 5) is 87.9. The average molecular weight is 655 g/mol. The molecule has 0 aromatic heterocycles. The Morgan fingerprint density at radius 3 is 2.07 bits per heavy atom. The highest BCUT2D eigenvalue weighted by molar-refractivity contribution is 6.37. The third kappa shape index (κ3) is 7.01. The van der Waals surface area contributed by atoms with Gasteiger partial charge in [0, 0.05) is 24.8 Å². The first-order valence-corrected chi connectivity index (χ1v) is 15.2. The minimum absolute atomic E-state index is 0.0279. The zero-order valence-corrected chi connectivity index (χ0v) is 25.5. The van der Waals surface area contributed by atoms with Crippen molar-refractivity contribution in [1.82, 2.24) is 10.2 Å². The first-order chi connectivity index (χ1) is 22.2. The summed E-state index contributed by atoms with van der Waals surface area (Å²) in [5.74, 6) is -4.71. The Kier molecular flexibility index (Phi) is 10.6. The molecular weight excluding hydrogens is 624 g/mol. The second kappa shape index (κ2) is 14.8. The molecule has 4 amide bonds. The van der Waals surface area contributed by atoms with Crippen molar-refractivity contribution in [3.05, 3.63) is 58.1 Å². The second-order valence-corrected chi connectivity index (χ2v) is 11.1. The molecule has 2 aromatic carbocycles. The minimum Gasteiger partial charge on any atom is -0.490 e. The van der Waals surface area contributed by atoms with E-state index in [9.17, 15) is 33.6 Å². The summed E-state index contributed by atoms with van der Waals surface area (Å²) in [5.41, 5.74) is 0.247. The summed E-state index contributed by atoms with van der Waals surface area (Å²) >= 11 is 6.37. The number of benzene rings is 2. The number of nitrogens with one attached hydrogen (secondary N) is 1. The van der Waals surface area contributed by atoms with E-state index in [1.807, 2.05) is 0 Å². The molecule has 46 heavy (non-hydrogen) atoms. The lowest BCUT2D eigenvalue weighted by Gasteiger charge is -2.27. The average Bonchev–Trinajstić information content (AvgIpc) is 3.28. The van der Waals surface area contributed by atoms with Crippen molar-refractivity contribution >= 4 is 52.6 Å². The van der Waals surface area contributed by atoms with E-state index in [-0.39, 0.29) is 110 Å². The number of amides is 4. The topological polar surface area (TPSA) is 172 Å². The fraction of sp³-hybridized carbons (Fsp3) is 0.406. The molecule has 1 aliphatic carbocycles. The zero-order chi connectivity index (χ0) is 32.8. The molecule has 5 rings (SSSR count). The molecule has 14 heteroatoms. The van der Waals surface area contributed by atoms with Crippen LogP contribution in [0, 0.1) is 5.92 Å². The van der Waals surface area contributed by atoms with E-state index in [4.69, 9.17) is 30.5 Å². The van der Waals surface area contributed by atoms with Crippen molar-refractivity contribution in [1.29, 1.82) is 0 Å².